The van der Waals surface area contributed by atoms with Crippen molar-refractivity contribution in [3.05, 3.63) is 5.57 Å². The van der Waals surface area contributed by atoms with Crippen LogP contribution >= 0.6 is 15.9 Å². The summed E-state index contributed by atoms with van der Waals surface area (Å²) in [6, 6.07) is 0. The van der Waals surface area contributed by atoms with Gasteiger partial charge < -0.3 is 0 Å². The molecule has 0 aliphatic heterocycles. The summed E-state index contributed by atoms with van der Waals surface area (Å²) in [5.41, 5.74) is 0.743. The second kappa shape index (κ2) is 3.88. The summed E-state index contributed by atoms with van der Waals surface area (Å²) < 4.78 is 0. The first-order valence-corrected chi connectivity index (χ1v) is 3.49. The topological polar surface area (TPSA) is 17.1 Å². The first-order valence-electron chi connectivity index (χ1n) is 2.58. The molecule has 0 aliphatic rings. The van der Waals surface area contributed by atoms with E-state index in [4.69, 9.17) is 0 Å². The van der Waals surface area contributed by atoms with Crippen molar-refractivity contribution in [3.63, 3.8) is 0 Å². The van der Waals surface area contributed by atoms with Crippen molar-refractivity contribution in [2.75, 3.05) is 0 Å². The van der Waals surface area contributed by atoms with Crippen LogP contribution < -0.4 is 0 Å². The third-order valence-corrected chi connectivity index (χ3v) is 2.32. The van der Waals surface area contributed by atoms with Gasteiger partial charge in [-0.2, -0.15) is 0 Å². The van der Waals surface area contributed by atoms with E-state index in [-0.39, 0.29) is 4.83 Å². The lowest BCUT2D eigenvalue weighted by atomic mass is 10.2. The monoisotopic (exact) mass is 176 g/mol. The van der Waals surface area contributed by atoms with E-state index in [9.17, 15) is 4.79 Å². The maximum absolute atomic E-state index is 9.91. The van der Waals surface area contributed by atoms with Gasteiger partial charge in [0.25, 0.3) is 0 Å². The molecule has 46 valence electrons. The Kier molecular flexibility index (Phi) is 3.84. The van der Waals surface area contributed by atoms with Gasteiger partial charge in [0.2, 0.25) is 0 Å². The summed E-state index contributed by atoms with van der Waals surface area (Å²) in [6.07, 6.45) is 0.946. The Morgan fingerprint density at radius 1 is 1.88 bits per heavy atom. The van der Waals surface area contributed by atoms with Gasteiger partial charge in [0.15, 0.2) is 0 Å². The Bertz CT molecular complexity index is 114. The highest BCUT2D eigenvalue weighted by Gasteiger charge is 2.01. The maximum Gasteiger partial charge on any atom is 0.124 e. The number of carbonyl (C=O) groups excluding carboxylic acids is 1. The molecule has 8 heavy (non-hydrogen) atoms. The molecule has 1 nitrogen and oxygen atoms in total. The first kappa shape index (κ1) is 7.93. The van der Waals surface area contributed by atoms with Crippen LogP contribution in [0.15, 0.2) is 5.57 Å². The lowest BCUT2D eigenvalue weighted by Gasteiger charge is -1.99. The molecule has 0 aliphatic carbocycles. The van der Waals surface area contributed by atoms with Crippen molar-refractivity contribution in [2.24, 2.45) is 0 Å². The fraction of sp³-hybridized carbons (Fsp3) is 0.667. The second-order valence-electron chi connectivity index (χ2n) is 1.66. The highest BCUT2D eigenvalue weighted by Crippen LogP contribution is 2.11. The van der Waals surface area contributed by atoms with E-state index in [0.29, 0.717) is 0 Å². The lowest BCUT2D eigenvalue weighted by molar-refractivity contribution is 0.566. The number of hydrogen-bond donors (Lipinski definition) is 0. The summed E-state index contributed by atoms with van der Waals surface area (Å²) in [6.45, 7) is 3.79. The van der Waals surface area contributed by atoms with E-state index in [2.05, 4.69) is 15.9 Å². The SMILES string of the molecule is CCC(Br)C(C)=C=O. The zero-order valence-corrected chi connectivity index (χ0v) is 6.66. The standard InChI is InChI=1S/C6H9BrO/c1-3-6(7)5(2)4-8/h6H,3H2,1-2H3. The lowest BCUT2D eigenvalue weighted by Crippen LogP contribution is -1.96. The van der Waals surface area contributed by atoms with Gasteiger partial charge in [-0.05, 0) is 13.3 Å². The highest BCUT2D eigenvalue weighted by molar-refractivity contribution is 9.09. The van der Waals surface area contributed by atoms with E-state index in [1.807, 2.05) is 12.9 Å². The third kappa shape index (κ3) is 2.29. The van der Waals surface area contributed by atoms with Crippen molar-refractivity contribution in [3.8, 4) is 0 Å². The molecule has 0 saturated carbocycles. The van der Waals surface area contributed by atoms with Crippen LogP contribution in [0.5, 0.6) is 0 Å². The largest absolute Gasteiger partial charge is 0.234 e. The predicted octanol–water partition coefficient (Wildman–Crippen LogP) is 1.94. The van der Waals surface area contributed by atoms with E-state index in [1.165, 1.54) is 0 Å². The van der Waals surface area contributed by atoms with E-state index in [1.54, 1.807) is 6.92 Å². The fourth-order valence-corrected chi connectivity index (χ4v) is 0.464. The van der Waals surface area contributed by atoms with Gasteiger partial charge in [0, 0.05) is 10.4 Å². The van der Waals surface area contributed by atoms with Crippen molar-refractivity contribution >= 4 is 21.9 Å². The van der Waals surface area contributed by atoms with Crippen LogP contribution in [0.3, 0.4) is 0 Å². The van der Waals surface area contributed by atoms with Crippen LogP contribution in [0.1, 0.15) is 20.3 Å². The molecule has 1 atom stereocenters. The molecule has 0 saturated heterocycles. The minimum absolute atomic E-state index is 0.222. The zero-order valence-electron chi connectivity index (χ0n) is 5.07. The van der Waals surface area contributed by atoms with Gasteiger partial charge in [-0.25, -0.2) is 4.79 Å². The smallest absolute Gasteiger partial charge is 0.124 e. The van der Waals surface area contributed by atoms with Crippen LogP contribution in [-0.4, -0.2) is 10.8 Å². The average Bonchev–Trinajstić information content (AvgIpc) is 1.84. The summed E-state index contributed by atoms with van der Waals surface area (Å²) in [5, 5.41) is 0. The minimum Gasteiger partial charge on any atom is -0.234 e. The summed E-state index contributed by atoms with van der Waals surface area (Å²) in [7, 11) is 0. The van der Waals surface area contributed by atoms with Crippen LogP contribution in [0.25, 0.3) is 0 Å². The molecular formula is C6H9BrO. The molecule has 1 unspecified atom stereocenters. The molecule has 0 amide bonds. The minimum atomic E-state index is 0.222. The van der Waals surface area contributed by atoms with Crippen molar-refractivity contribution in [2.45, 2.75) is 25.1 Å². The van der Waals surface area contributed by atoms with Gasteiger partial charge in [0.1, 0.15) is 5.94 Å². The molecule has 0 aromatic carbocycles. The Morgan fingerprint density at radius 2 is 2.38 bits per heavy atom. The average molecular weight is 177 g/mol. The Morgan fingerprint density at radius 3 is 2.50 bits per heavy atom. The van der Waals surface area contributed by atoms with Crippen LogP contribution in [0.2, 0.25) is 0 Å². The summed E-state index contributed by atoms with van der Waals surface area (Å²) in [5.74, 6) is 1.84. The van der Waals surface area contributed by atoms with Gasteiger partial charge in [-0.15, -0.1) is 0 Å². The van der Waals surface area contributed by atoms with Crippen molar-refractivity contribution < 1.29 is 4.79 Å². The van der Waals surface area contributed by atoms with E-state index >= 15 is 0 Å². The Labute approximate surface area is 57.9 Å². The van der Waals surface area contributed by atoms with Gasteiger partial charge in [-0.1, -0.05) is 22.9 Å². The molecule has 0 aromatic heterocycles. The van der Waals surface area contributed by atoms with E-state index in [0.717, 1.165) is 12.0 Å². The van der Waals surface area contributed by atoms with Crippen molar-refractivity contribution in [1.82, 2.24) is 0 Å². The summed E-state index contributed by atoms with van der Waals surface area (Å²) >= 11 is 3.30. The number of alkyl halides is 1. The predicted molar refractivity (Wildman–Crippen MR) is 37.9 cm³/mol. The van der Waals surface area contributed by atoms with E-state index < -0.39 is 0 Å². The summed E-state index contributed by atoms with van der Waals surface area (Å²) in [4.78, 5) is 10.1. The van der Waals surface area contributed by atoms with Gasteiger partial charge in [-0.3, -0.25) is 0 Å². The first-order chi connectivity index (χ1) is 3.72. The number of halogens is 1. The van der Waals surface area contributed by atoms with Crippen LogP contribution in [-0.2, 0) is 4.79 Å². The van der Waals surface area contributed by atoms with Gasteiger partial charge in [0.05, 0.1) is 0 Å². The molecule has 0 fully saturated rings. The molecule has 2 heteroatoms. The fourth-order valence-electron chi connectivity index (χ4n) is 0.370. The molecule has 0 radical (unpaired) electrons. The van der Waals surface area contributed by atoms with Crippen molar-refractivity contribution in [1.29, 1.82) is 0 Å². The number of allylic oxidation sites excluding steroid dienone is 1. The normalized spacial score (nSPS) is 12.4. The molecule has 0 aromatic rings. The number of rotatable bonds is 2. The maximum atomic E-state index is 9.91. The zero-order chi connectivity index (χ0) is 6.57. The van der Waals surface area contributed by atoms with Crippen LogP contribution in [0.4, 0.5) is 0 Å². The molecular weight excluding hydrogens is 168 g/mol. The molecule has 0 rings (SSSR count). The Hall–Kier alpha value is -0.0700. The molecule has 0 heterocycles. The molecule has 0 bridgehead atoms. The quantitative estimate of drug-likeness (QED) is 0.465. The number of hydrogen-bond acceptors (Lipinski definition) is 1. The highest BCUT2D eigenvalue weighted by atomic mass is 79.9. The van der Waals surface area contributed by atoms with Gasteiger partial charge >= 0.3 is 0 Å². The second-order valence-corrected chi connectivity index (χ2v) is 2.77. The third-order valence-electron chi connectivity index (χ3n) is 0.989. The molecule has 0 N–H and O–H groups in total. The Balaban J connectivity index is 3.82. The molecule has 0 spiro atoms. The van der Waals surface area contributed by atoms with Crippen LogP contribution in [0, 0.1) is 0 Å².